The predicted molar refractivity (Wildman–Crippen MR) is 112 cm³/mol. The van der Waals surface area contributed by atoms with E-state index in [1.807, 2.05) is 0 Å². The van der Waals surface area contributed by atoms with E-state index in [1.54, 1.807) is 5.32 Å². The number of aliphatic carboxylic acids is 1. The SMILES string of the molecule is O=C(O)CCCCNC(=O)SCCC(F)(F)C(F)(F)C(F)(F)C(F)(F)C(F)(F)C(F)(F)C(F)(F)C(F)(F)C(F)(F)C(F)(F)C(F)(F)C(F)(F)F. The van der Waals surface area contributed by atoms with Gasteiger partial charge in [-0.05, 0) is 12.8 Å². The van der Waals surface area contributed by atoms with Crippen LogP contribution in [0.4, 0.5) is 115 Å². The van der Waals surface area contributed by atoms with Gasteiger partial charge in [0.05, 0.1) is 0 Å². The van der Waals surface area contributed by atoms with Crippen molar-refractivity contribution in [2.24, 2.45) is 0 Å². The molecule has 0 aliphatic carbocycles. The Kier molecular flexibility index (Phi) is 13.1. The number of thioether (sulfide) groups is 1. The van der Waals surface area contributed by atoms with Crippen LogP contribution in [0.1, 0.15) is 25.7 Å². The lowest BCUT2D eigenvalue weighted by Crippen LogP contribution is -2.78. The van der Waals surface area contributed by atoms with Crippen molar-refractivity contribution in [1.29, 1.82) is 0 Å². The molecule has 0 aromatic heterocycles. The summed E-state index contributed by atoms with van der Waals surface area (Å²) < 4.78 is 337. The number of hydrogen-bond acceptors (Lipinski definition) is 3. The first-order valence-electron chi connectivity index (χ1n) is 11.9. The van der Waals surface area contributed by atoms with Crippen molar-refractivity contribution in [2.75, 3.05) is 12.3 Å². The van der Waals surface area contributed by atoms with Crippen LogP contribution >= 0.6 is 11.8 Å². The second-order valence-corrected chi connectivity index (χ2v) is 10.7. The molecule has 0 aromatic rings. The number of carbonyl (C=O) groups excluding carboxylic acids is 1. The second kappa shape index (κ2) is 13.8. The van der Waals surface area contributed by atoms with E-state index in [0.717, 1.165) is 0 Å². The zero-order valence-electron chi connectivity index (χ0n) is 22.9. The van der Waals surface area contributed by atoms with Gasteiger partial charge in [0.1, 0.15) is 0 Å². The van der Waals surface area contributed by atoms with E-state index in [2.05, 4.69) is 0 Å². The van der Waals surface area contributed by atoms with Crippen molar-refractivity contribution in [2.45, 2.75) is 97.0 Å². The second-order valence-electron chi connectivity index (χ2n) is 9.61. The summed E-state index contributed by atoms with van der Waals surface area (Å²) in [5, 5.41) is 8.60. The van der Waals surface area contributed by atoms with E-state index < -0.39 is 119 Å². The molecule has 0 fully saturated rings. The molecule has 4 nitrogen and oxygen atoms in total. The van der Waals surface area contributed by atoms with Crippen LogP contribution in [0.3, 0.4) is 0 Å². The number of hydrogen-bond donors (Lipinski definition) is 2. The topological polar surface area (TPSA) is 66.4 Å². The standard InChI is InChI=1S/C20H14F25NO3S/c21-9(22,4-6-50-8(49)46-5-2-1-3-7(47)48)10(23,24)11(25,26)12(27,28)13(29,30)14(31,32)15(33,34)16(35,36)17(37,38)18(39,40)19(41,42)20(43,44)45/h1-6H2,(H,46,49)(H,47,48). The van der Waals surface area contributed by atoms with E-state index in [1.165, 1.54) is 0 Å². The number of halogens is 25. The highest BCUT2D eigenvalue weighted by Gasteiger charge is 2.99. The Balaban J connectivity index is 6.61. The summed E-state index contributed by atoms with van der Waals surface area (Å²) in [7, 11) is 0. The number of carboxylic acids is 1. The maximum Gasteiger partial charge on any atom is 0.460 e. The number of unbranched alkanes of at least 4 members (excludes halogenated alkanes) is 1. The molecule has 298 valence electrons. The van der Waals surface area contributed by atoms with E-state index in [9.17, 15) is 119 Å². The molecule has 0 unspecified atom stereocenters. The van der Waals surface area contributed by atoms with E-state index in [0.29, 0.717) is 0 Å². The van der Waals surface area contributed by atoms with Crippen LogP contribution in [0, 0.1) is 0 Å². The van der Waals surface area contributed by atoms with Gasteiger partial charge < -0.3 is 10.4 Å². The van der Waals surface area contributed by atoms with Crippen molar-refractivity contribution in [3.05, 3.63) is 0 Å². The Labute approximate surface area is 263 Å². The molecule has 0 radical (unpaired) electrons. The number of amides is 1. The molecule has 30 heteroatoms. The molecule has 0 aliphatic rings. The minimum Gasteiger partial charge on any atom is -0.481 e. The maximum atomic E-state index is 13.9. The molecule has 2 N–H and O–H groups in total. The summed E-state index contributed by atoms with van der Waals surface area (Å²) in [5.74, 6) is -102. The van der Waals surface area contributed by atoms with Crippen molar-refractivity contribution in [1.82, 2.24) is 5.32 Å². The number of carbonyl (C=O) groups is 2. The largest absolute Gasteiger partial charge is 0.481 e. The monoisotopic (exact) mass is 823 g/mol. The first kappa shape index (κ1) is 47.5. The molecule has 1 amide bonds. The van der Waals surface area contributed by atoms with Crippen LogP contribution in [0.2, 0.25) is 0 Å². The lowest BCUT2D eigenvalue weighted by molar-refractivity contribution is -0.482. The maximum absolute atomic E-state index is 13.9. The highest BCUT2D eigenvalue weighted by Crippen LogP contribution is 2.67. The van der Waals surface area contributed by atoms with E-state index in [4.69, 9.17) is 5.11 Å². The Morgan fingerprint density at radius 1 is 0.460 bits per heavy atom. The van der Waals surface area contributed by atoms with Crippen molar-refractivity contribution >= 4 is 23.0 Å². The zero-order valence-corrected chi connectivity index (χ0v) is 23.7. The van der Waals surface area contributed by atoms with Crippen LogP contribution in [-0.2, 0) is 4.79 Å². The number of nitrogens with one attached hydrogen (secondary N) is 1. The molecule has 0 aromatic carbocycles. The first-order valence-corrected chi connectivity index (χ1v) is 12.9. The van der Waals surface area contributed by atoms with Gasteiger partial charge in [0.25, 0.3) is 5.24 Å². The van der Waals surface area contributed by atoms with Crippen LogP contribution in [0.25, 0.3) is 0 Å². The molecule has 0 saturated heterocycles. The predicted octanol–water partition coefficient (Wildman–Crippen LogP) is 9.62. The quantitative estimate of drug-likeness (QED) is 0.107. The summed E-state index contributed by atoms with van der Waals surface area (Å²) in [6.07, 6.45) is -12.0. The average molecular weight is 823 g/mol. The molecule has 0 atom stereocenters. The van der Waals surface area contributed by atoms with E-state index >= 15 is 0 Å². The van der Waals surface area contributed by atoms with Crippen LogP contribution < -0.4 is 5.32 Å². The lowest BCUT2D eigenvalue weighted by atomic mass is 9.84. The average Bonchev–Trinajstić information content (AvgIpc) is 2.90. The zero-order chi connectivity index (χ0) is 40.8. The van der Waals surface area contributed by atoms with Gasteiger partial charge in [-0.25, -0.2) is 0 Å². The summed E-state index contributed by atoms with van der Waals surface area (Å²) in [5.41, 5.74) is 0. The van der Waals surface area contributed by atoms with Gasteiger partial charge in [0.15, 0.2) is 0 Å². The van der Waals surface area contributed by atoms with Crippen LogP contribution in [0.15, 0.2) is 0 Å². The molecular formula is C20H14F25NO3S. The fourth-order valence-corrected chi connectivity index (χ4v) is 3.80. The highest BCUT2D eigenvalue weighted by molar-refractivity contribution is 8.13. The molecule has 0 bridgehead atoms. The number of carboxylic acid groups (broad SMARTS) is 1. The Morgan fingerprint density at radius 2 is 0.760 bits per heavy atom. The lowest BCUT2D eigenvalue weighted by Gasteiger charge is -2.45. The van der Waals surface area contributed by atoms with E-state index in [-0.39, 0.29) is 12.8 Å². The van der Waals surface area contributed by atoms with Gasteiger partial charge in [-0.3, -0.25) is 9.59 Å². The number of rotatable bonds is 18. The molecule has 0 heterocycles. The van der Waals surface area contributed by atoms with Crippen molar-refractivity contribution < 1.29 is 124 Å². The van der Waals surface area contributed by atoms with Gasteiger partial charge in [-0.15, -0.1) is 0 Å². The summed E-state index contributed by atoms with van der Waals surface area (Å²) in [6, 6.07) is 0. The van der Waals surface area contributed by atoms with Gasteiger partial charge in [0.2, 0.25) is 0 Å². The third-order valence-corrected chi connectivity index (χ3v) is 6.92. The normalized spacial score (nSPS) is 15.7. The minimum atomic E-state index is -9.65. The Bertz CT molecular complexity index is 1210. The first-order chi connectivity index (χ1) is 21.6. The Morgan fingerprint density at radius 3 is 1.06 bits per heavy atom. The van der Waals surface area contributed by atoms with Gasteiger partial charge >= 0.3 is 77.3 Å². The third kappa shape index (κ3) is 7.26. The summed E-state index contributed by atoms with van der Waals surface area (Å²) in [6.45, 7) is -0.475. The molecule has 50 heavy (non-hydrogen) atoms. The van der Waals surface area contributed by atoms with Crippen molar-refractivity contribution in [3.63, 3.8) is 0 Å². The molecule has 0 rings (SSSR count). The number of alkyl halides is 25. The minimum absolute atomic E-state index is 0.135. The van der Waals surface area contributed by atoms with Crippen LogP contribution in [0.5, 0.6) is 0 Å². The highest BCUT2D eigenvalue weighted by atomic mass is 32.2. The van der Waals surface area contributed by atoms with Gasteiger partial charge in [0, 0.05) is 25.1 Å². The van der Waals surface area contributed by atoms with Crippen LogP contribution in [-0.4, -0.2) is 99.9 Å². The molecule has 0 spiro atoms. The van der Waals surface area contributed by atoms with Gasteiger partial charge in [-0.2, -0.15) is 110 Å². The Hall–Kier alpha value is -2.46. The fourth-order valence-electron chi connectivity index (χ4n) is 3.06. The molecular weight excluding hydrogens is 809 g/mol. The van der Waals surface area contributed by atoms with Crippen molar-refractivity contribution in [3.8, 4) is 0 Å². The molecule has 0 saturated carbocycles. The smallest absolute Gasteiger partial charge is 0.460 e. The molecule has 0 aliphatic heterocycles. The summed E-state index contributed by atoms with van der Waals surface area (Å²) >= 11 is -0.594. The fraction of sp³-hybridized carbons (Fsp3) is 0.900. The third-order valence-electron chi connectivity index (χ3n) is 6.10. The summed E-state index contributed by atoms with van der Waals surface area (Å²) in [4.78, 5) is 21.7. The van der Waals surface area contributed by atoms with Gasteiger partial charge in [-0.1, -0.05) is 11.8 Å².